The molecule has 0 atom stereocenters. The zero-order valence-corrected chi connectivity index (χ0v) is 11.5. The summed E-state index contributed by atoms with van der Waals surface area (Å²) in [4.78, 5) is 0. The number of fused-ring (bicyclic) bond motifs is 1. The Hall–Kier alpha value is -2.06. The summed E-state index contributed by atoms with van der Waals surface area (Å²) < 4.78 is 13.1. The second kappa shape index (κ2) is 5.51. The third-order valence-electron chi connectivity index (χ3n) is 3.26. The highest BCUT2D eigenvalue weighted by Gasteiger charge is 2.02. The molecule has 0 unspecified atom stereocenters. The topological polar surface area (TPSA) is 12.0 Å². The predicted molar refractivity (Wildman–Crippen MR) is 82.7 cm³/mol. The van der Waals surface area contributed by atoms with Crippen LogP contribution in [0, 0.1) is 5.82 Å². The van der Waals surface area contributed by atoms with Crippen molar-refractivity contribution in [2.24, 2.45) is 0 Å². The van der Waals surface area contributed by atoms with Crippen molar-refractivity contribution in [1.82, 2.24) is 0 Å². The molecule has 0 spiro atoms. The Morgan fingerprint density at radius 3 is 2.60 bits per heavy atom. The predicted octanol–water partition coefficient (Wildman–Crippen LogP) is 5.24. The Morgan fingerprint density at radius 1 is 0.950 bits per heavy atom. The molecule has 1 nitrogen and oxygen atoms in total. The number of benzene rings is 3. The maximum atomic E-state index is 13.1. The molecule has 0 fully saturated rings. The van der Waals surface area contributed by atoms with Crippen LogP contribution in [0.3, 0.4) is 0 Å². The van der Waals surface area contributed by atoms with Crippen LogP contribution in [0.15, 0.2) is 60.7 Å². The lowest BCUT2D eigenvalue weighted by Crippen LogP contribution is -2.00. The van der Waals surface area contributed by atoms with E-state index in [1.807, 2.05) is 24.3 Å². The minimum atomic E-state index is -0.388. The van der Waals surface area contributed by atoms with E-state index in [0.717, 1.165) is 11.3 Å². The molecule has 0 saturated carbocycles. The summed E-state index contributed by atoms with van der Waals surface area (Å²) >= 11 is 5.79. The molecule has 0 radical (unpaired) electrons. The Balaban J connectivity index is 1.85. The third kappa shape index (κ3) is 2.61. The number of nitrogens with one attached hydrogen (secondary N) is 1. The standard InChI is InChI=1S/C17H13ClFN/c18-15-10-12(8-9-16(15)19)11-20-17-7-3-5-13-4-1-2-6-14(13)17/h1-10,20H,11H2. The summed E-state index contributed by atoms with van der Waals surface area (Å²) in [7, 11) is 0. The Morgan fingerprint density at radius 2 is 1.75 bits per heavy atom. The van der Waals surface area contributed by atoms with Crippen LogP contribution in [0.4, 0.5) is 10.1 Å². The molecule has 3 aromatic rings. The number of halogens is 2. The Kier molecular flexibility index (Phi) is 3.57. The molecule has 0 aliphatic carbocycles. The highest BCUT2D eigenvalue weighted by atomic mass is 35.5. The van der Waals surface area contributed by atoms with Gasteiger partial charge < -0.3 is 5.32 Å². The first kappa shape index (κ1) is 12.9. The van der Waals surface area contributed by atoms with Crippen LogP contribution in [-0.2, 0) is 6.54 Å². The fourth-order valence-electron chi connectivity index (χ4n) is 2.23. The van der Waals surface area contributed by atoms with Crippen LogP contribution in [0.25, 0.3) is 10.8 Å². The molecule has 20 heavy (non-hydrogen) atoms. The first-order valence-electron chi connectivity index (χ1n) is 6.39. The van der Waals surface area contributed by atoms with Crippen molar-refractivity contribution in [3.05, 3.63) is 77.1 Å². The molecule has 3 heteroatoms. The van der Waals surface area contributed by atoms with E-state index < -0.39 is 0 Å². The molecular formula is C17H13ClFN. The highest BCUT2D eigenvalue weighted by molar-refractivity contribution is 6.30. The van der Waals surface area contributed by atoms with Crippen LogP contribution in [-0.4, -0.2) is 0 Å². The maximum absolute atomic E-state index is 13.1. The summed E-state index contributed by atoms with van der Waals surface area (Å²) in [5.41, 5.74) is 2.01. The second-order valence-corrected chi connectivity index (χ2v) is 5.04. The van der Waals surface area contributed by atoms with Crippen molar-refractivity contribution >= 4 is 28.1 Å². The van der Waals surface area contributed by atoms with E-state index in [2.05, 4.69) is 23.5 Å². The van der Waals surface area contributed by atoms with Crippen LogP contribution in [0.2, 0.25) is 5.02 Å². The van der Waals surface area contributed by atoms with Gasteiger partial charge in [-0.2, -0.15) is 0 Å². The molecule has 0 amide bonds. The molecule has 3 aromatic carbocycles. The van der Waals surface area contributed by atoms with Crippen molar-refractivity contribution in [3.8, 4) is 0 Å². The van der Waals surface area contributed by atoms with Gasteiger partial charge in [-0.3, -0.25) is 0 Å². The Labute approximate surface area is 122 Å². The first-order valence-corrected chi connectivity index (χ1v) is 6.77. The van der Waals surface area contributed by atoms with Gasteiger partial charge in [-0.25, -0.2) is 4.39 Å². The van der Waals surface area contributed by atoms with Crippen molar-refractivity contribution < 1.29 is 4.39 Å². The molecule has 0 bridgehead atoms. The third-order valence-corrected chi connectivity index (χ3v) is 3.55. The quantitative estimate of drug-likeness (QED) is 0.693. The van der Waals surface area contributed by atoms with Gasteiger partial charge in [-0.15, -0.1) is 0 Å². The van der Waals surface area contributed by atoms with Crippen molar-refractivity contribution in [1.29, 1.82) is 0 Å². The van der Waals surface area contributed by atoms with E-state index in [1.165, 1.54) is 16.8 Å². The molecular weight excluding hydrogens is 273 g/mol. The maximum Gasteiger partial charge on any atom is 0.141 e. The molecule has 0 heterocycles. The zero-order valence-electron chi connectivity index (χ0n) is 10.7. The van der Waals surface area contributed by atoms with Gasteiger partial charge in [0, 0.05) is 17.6 Å². The fourth-order valence-corrected chi connectivity index (χ4v) is 2.43. The number of hydrogen-bond donors (Lipinski definition) is 1. The normalized spacial score (nSPS) is 10.7. The van der Waals surface area contributed by atoms with Crippen molar-refractivity contribution in [2.45, 2.75) is 6.54 Å². The minimum Gasteiger partial charge on any atom is -0.380 e. The molecule has 0 aliphatic rings. The molecule has 0 aromatic heterocycles. The van der Waals surface area contributed by atoms with Gasteiger partial charge in [-0.05, 0) is 29.1 Å². The van der Waals surface area contributed by atoms with Crippen LogP contribution in [0.1, 0.15) is 5.56 Å². The van der Waals surface area contributed by atoms with E-state index in [0.29, 0.717) is 6.54 Å². The monoisotopic (exact) mass is 285 g/mol. The van der Waals surface area contributed by atoms with E-state index in [4.69, 9.17) is 11.6 Å². The van der Waals surface area contributed by atoms with Crippen molar-refractivity contribution in [2.75, 3.05) is 5.32 Å². The van der Waals surface area contributed by atoms with E-state index in [-0.39, 0.29) is 10.8 Å². The highest BCUT2D eigenvalue weighted by Crippen LogP contribution is 2.24. The van der Waals surface area contributed by atoms with Gasteiger partial charge in [0.15, 0.2) is 0 Å². The van der Waals surface area contributed by atoms with Crippen LogP contribution in [0.5, 0.6) is 0 Å². The Bertz CT molecular complexity index is 750. The molecule has 0 aliphatic heterocycles. The van der Waals surface area contributed by atoms with Crippen molar-refractivity contribution in [3.63, 3.8) is 0 Å². The lowest BCUT2D eigenvalue weighted by atomic mass is 10.1. The lowest BCUT2D eigenvalue weighted by Gasteiger charge is -2.10. The number of hydrogen-bond acceptors (Lipinski definition) is 1. The summed E-state index contributed by atoms with van der Waals surface area (Å²) in [6, 6.07) is 19.1. The summed E-state index contributed by atoms with van der Waals surface area (Å²) in [6.07, 6.45) is 0. The van der Waals surface area contributed by atoms with E-state index in [9.17, 15) is 4.39 Å². The van der Waals surface area contributed by atoms with Crippen LogP contribution < -0.4 is 5.32 Å². The van der Waals surface area contributed by atoms with E-state index >= 15 is 0 Å². The number of rotatable bonds is 3. The second-order valence-electron chi connectivity index (χ2n) is 4.63. The fraction of sp³-hybridized carbons (Fsp3) is 0.0588. The van der Waals surface area contributed by atoms with Gasteiger partial charge >= 0.3 is 0 Å². The molecule has 100 valence electrons. The van der Waals surface area contributed by atoms with Gasteiger partial charge in [-0.1, -0.05) is 54.1 Å². The lowest BCUT2D eigenvalue weighted by molar-refractivity contribution is 0.627. The average Bonchev–Trinajstić information content (AvgIpc) is 2.48. The first-order chi connectivity index (χ1) is 9.74. The SMILES string of the molecule is Fc1ccc(CNc2cccc3ccccc23)cc1Cl. The van der Waals surface area contributed by atoms with Crippen LogP contribution >= 0.6 is 11.6 Å². The molecule has 1 N–H and O–H groups in total. The van der Waals surface area contributed by atoms with Gasteiger partial charge in [0.2, 0.25) is 0 Å². The molecule has 0 saturated heterocycles. The average molecular weight is 286 g/mol. The summed E-state index contributed by atoms with van der Waals surface area (Å²) in [6.45, 7) is 0.605. The summed E-state index contributed by atoms with van der Waals surface area (Å²) in [5.74, 6) is -0.388. The van der Waals surface area contributed by atoms with E-state index in [1.54, 1.807) is 12.1 Å². The van der Waals surface area contributed by atoms with Gasteiger partial charge in [0.25, 0.3) is 0 Å². The smallest absolute Gasteiger partial charge is 0.141 e. The largest absolute Gasteiger partial charge is 0.380 e. The number of anilines is 1. The molecule has 3 rings (SSSR count). The zero-order chi connectivity index (χ0) is 13.9. The summed E-state index contributed by atoms with van der Waals surface area (Å²) in [5, 5.41) is 5.88. The van der Waals surface area contributed by atoms with Gasteiger partial charge in [0.05, 0.1) is 5.02 Å². The minimum absolute atomic E-state index is 0.155. The van der Waals surface area contributed by atoms with Gasteiger partial charge in [0.1, 0.15) is 5.82 Å².